The van der Waals surface area contributed by atoms with Crippen LogP contribution in [0.4, 0.5) is 27.6 Å². The van der Waals surface area contributed by atoms with Crippen LogP contribution >= 0.6 is 11.6 Å². The SMILES string of the molecule is NC(=O)[C@H](CCC(F)(F)F)[C@H](CC1CC(F)(F)C1)C(=O)N[C@H]1N=C(c2ccccc2)c2cccc(Cl)c2NC1=O. The Bertz CT molecular complexity index is 1310. The van der Waals surface area contributed by atoms with Gasteiger partial charge in [0, 0.05) is 42.2 Å². The maximum Gasteiger partial charge on any atom is 0.389 e. The molecule has 3 amide bonds. The quantitative estimate of drug-likeness (QED) is 0.358. The molecule has 1 saturated carbocycles. The molecule has 0 saturated heterocycles. The van der Waals surface area contributed by atoms with Gasteiger partial charge in [0.25, 0.3) is 5.91 Å². The lowest BCUT2D eigenvalue weighted by molar-refractivity contribution is -0.149. The molecule has 1 aliphatic heterocycles. The number of fused-ring (bicyclic) bond motifs is 1. The van der Waals surface area contributed by atoms with Gasteiger partial charge in [-0.05, 0) is 24.8 Å². The summed E-state index contributed by atoms with van der Waals surface area (Å²) < 4.78 is 66.0. The van der Waals surface area contributed by atoms with Crippen molar-refractivity contribution in [1.29, 1.82) is 0 Å². The number of carbonyl (C=O) groups excluding carboxylic acids is 3. The second-order valence-electron chi connectivity index (χ2n) is 10.0. The number of nitrogens with zero attached hydrogens (tertiary/aromatic N) is 1. The van der Waals surface area contributed by atoms with Crippen LogP contribution in [0.15, 0.2) is 53.5 Å². The van der Waals surface area contributed by atoms with Gasteiger partial charge in [0.05, 0.1) is 16.4 Å². The third-order valence-electron chi connectivity index (χ3n) is 7.04. The summed E-state index contributed by atoms with van der Waals surface area (Å²) in [6.07, 6.45) is -9.88. The van der Waals surface area contributed by atoms with E-state index in [4.69, 9.17) is 17.3 Å². The molecule has 4 rings (SSSR count). The van der Waals surface area contributed by atoms with Crippen LogP contribution in [0.5, 0.6) is 0 Å². The second kappa shape index (κ2) is 11.5. The van der Waals surface area contributed by atoms with E-state index >= 15 is 0 Å². The zero-order chi connectivity index (χ0) is 29.2. The van der Waals surface area contributed by atoms with E-state index in [9.17, 15) is 36.3 Å². The highest BCUT2D eigenvalue weighted by Crippen LogP contribution is 2.46. The van der Waals surface area contributed by atoms with Crippen LogP contribution < -0.4 is 16.4 Å². The fraction of sp³-hybridized carbons (Fsp3) is 0.407. The highest BCUT2D eigenvalue weighted by Gasteiger charge is 2.48. The summed E-state index contributed by atoms with van der Waals surface area (Å²) in [6.45, 7) is 0. The van der Waals surface area contributed by atoms with Gasteiger partial charge in [0.15, 0.2) is 0 Å². The first-order chi connectivity index (χ1) is 18.7. The van der Waals surface area contributed by atoms with E-state index in [0.717, 1.165) is 0 Å². The molecule has 0 radical (unpaired) electrons. The number of primary amides is 1. The van der Waals surface area contributed by atoms with Crippen molar-refractivity contribution in [2.24, 2.45) is 28.5 Å². The molecule has 0 unspecified atom stereocenters. The van der Waals surface area contributed by atoms with Gasteiger partial charge in [-0.3, -0.25) is 14.4 Å². The molecule has 2 aromatic rings. The van der Waals surface area contributed by atoms with E-state index < -0.39 is 79.4 Å². The van der Waals surface area contributed by atoms with Crippen LogP contribution in [0.1, 0.15) is 43.2 Å². The molecule has 2 aliphatic rings. The predicted molar refractivity (Wildman–Crippen MR) is 138 cm³/mol. The number of alkyl halides is 5. The molecule has 4 N–H and O–H groups in total. The van der Waals surface area contributed by atoms with Crippen LogP contribution in [0.2, 0.25) is 5.02 Å². The number of amides is 3. The number of carbonyl (C=O) groups is 3. The number of aliphatic imine (C=N–C) groups is 1. The van der Waals surface area contributed by atoms with Crippen LogP contribution in [-0.4, -0.2) is 41.7 Å². The van der Waals surface area contributed by atoms with E-state index in [-0.39, 0.29) is 17.1 Å². The summed E-state index contributed by atoms with van der Waals surface area (Å²) in [5.41, 5.74) is 6.96. The molecule has 40 heavy (non-hydrogen) atoms. The Hall–Kier alpha value is -3.54. The average molecular weight is 585 g/mol. The van der Waals surface area contributed by atoms with Gasteiger partial charge in [0.2, 0.25) is 23.9 Å². The maximum absolute atomic E-state index is 13.5. The van der Waals surface area contributed by atoms with Gasteiger partial charge in [-0.15, -0.1) is 0 Å². The van der Waals surface area contributed by atoms with Gasteiger partial charge in [0.1, 0.15) is 0 Å². The Kier molecular flexibility index (Phi) is 8.48. The van der Waals surface area contributed by atoms with Gasteiger partial charge in [-0.2, -0.15) is 13.2 Å². The van der Waals surface area contributed by atoms with Crippen molar-refractivity contribution in [1.82, 2.24) is 5.32 Å². The number of nitrogens with two attached hydrogens (primary N) is 1. The molecule has 2 aromatic carbocycles. The standard InChI is InChI=1S/C27H26ClF5N4O3/c28-19-8-4-7-17-20(15-5-2-1-3-6-15)35-23(25(40)36-21(17)19)37-24(39)18(11-14-12-26(29,30)13-14)16(22(34)38)9-10-27(31,32)33/h1-8,14,16,18,23H,9-13H2,(H2,34,38)(H,36,40)(H,37,39)/t16-,18+,23-/m1/s1. The van der Waals surface area contributed by atoms with Crippen molar-refractivity contribution < 1.29 is 36.3 Å². The first-order valence-corrected chi connectivity index (χ1v) is 12.9. The van der Waals surface area contributed by atoms with Crippen molar-refractivity contribution in [3.63, 3.8) is 0 Å². The van der Waals surface area contributed by atoms with Crippen LogP contribution in [0.25, 0.3) is 0 Å². The third-order valence-corrected chi connectivity index (χ3v) is 7.35. The predicted octanol–water partition coefficient (Wildman–Crippen LogP) is 5.07. The maximum atomic E-state index is 13.5. The lowest BCUT2D eigenvalue weighted by Crippen LogP contribution is -2.49. The Balaban J connectivity index is 1.67. The molecule has 1 heterocycles. The number of hydrogen-bond acceptors (Lipinski definition) is 4. The van der Waals surface area contributed by atoms with Gasteiger partial charge < -0.3 is 16.4 Å². The van der Waals surface area contributed by atoms with Crippen LogP contribution in [0.3, 0.4) is 0 Å². The number of para-hydroxylation sites is 1. The lowest BCUT2D eigenvalue weighted by atomic mass is 9.72. The molecule has 214 valence electrons. The van der Waals surface area contributed by atoms with Crippen LogP contribution in [-0.2, 0) is 14.4 Å². The van der Waals surface area contributed by atoms with Crippen molar-refractivity contribution in [3.05, 3.63) is 64.7 Å². The number of halogens is 6. The largest absolute Gasteiger partial charge is 0.389 e. The van der Waals surface area contributed by atoms with Gasteiger partial charge in [-0.25, -0.2) is 13.8 Å². The summed E-state index contributed by atoms with van der Waals surface area (Å²) in [4.78, 5) is 43.3. The van der Waals surface area contributed by atoms with E-state index in [1.807, 2.05) is 0 Å². The molecule has 0 aromatic heterocycles. The summed E-state index contributed by atoms with van der Waals surface area (Å²) in [7, 11) is 0. The number of rotatable bonds is 9. The Morgan fingerprint density at radius 1 is 1.10 bits per heavy atom. The van der Waals surface area contributed by atoms with Gasteiger partial charge >= 0.3 is 6.18 Å². The summed E-state index contributed by atoms with van der Waals surface area (Å²) in [5.74, 6) is -9.72. The fourth-order valence-electron chi connectivity index (χ4n) is 5.09. The van der Waals surface area contributed by atoms with E-state index in [2.05, 4.69) is 15.6 Å². The molecule has 1 fully saturated rings. The molecular weight excluding hydrogens is 559 g/mol. The number of anilines is 1. The minimum absolute atomic E-state index is 0.200. The molecule has 13 heteroatoms. The summed E-state index contributed by atoms with van der Waals surface area (Å²) in [6, 6.07) is 13.5. The molecule has 1 aliphatic carbocycles. The Morgan fingerprint density at radius 3 is 2.38 bits per heavy atom. The smallest absolute Gasteiger partial charge is 0.369 e. The number of hydrogen-bond donors (Lipinski definition) is 3. The van der Waals surface area contributed by atoms with Crippen molar-refractivity contribution in [2.75, 3.05) is 5.32 Å². The summed E-state index contributed by atoms with van der Waals surface area (Å²) in [5, 5.41) is 5.23. The first-order valence-electron chi connectivity index (χ1n) is 12.5. The number of benzene rings is 2. The van der Waals surface area contributed by atoms with Crippen molar-refractivity contribution in [3.8, 4) is 0 Å². The molecule has 7 nitrogen and oxygen atoms in total. The minimum atomic E-state index is -4.64. The number of benzodiazepines with no additional fused rings is 1. The van der Waals surface area contributed by atoms with E-state index in [1.165, 1.54) is 0 Å². The monoisotopic (exact) mass is 584 g/mol. The zero-order valence-electron chi connectivity index (χ0n) is 21.0. The minimum Gasteiger partial charge on any atom is -0.369 e. The molecular formula is C27H26ClF5N4O3. The normalized spacial score (nSPS) is 20.2. The van der Waals surface area contributed by atoms with Crippen molar-refractivity contribution >= 4 is 40.7 Å². The average Bonchev–Trinajstić information content (AvgIpc) is 2.99. The highest BCUT2D eigenvalue weighted by atomic mass is 35.5. The van der Waals surface area contributed by atoms with Gasteiger partial charge in [-0.1, -0.05) is 54.1 Å². The molecule has 0 spiro atoms. The van der Waals surface area contributed by atoms with E-state index in [1.54, 1.807) is 48.5 Å². The molecule has 0 bridgehead atoms. The van der Waals surface area contributed by atoms with Crippen molar-refractivity contribution in [2.45, 2.75) is 50.4 Å². The highest BCUT2D eigenvalue weighted by molar-refractivity contribution is 6.36. The Labute approximate surface area is 231 Å². The Morgan fingerprint density at radius 2 is 1.77 bits per heavy atom. The van der Waals surface area contributed by atoms with E-state index in [0.29, 0.717) is 16.8 Å². The fourth-order valence-corrected chi connectivity index (χ4v) is 5.31. The number of nitrogens with one attached hydrogen (secondary N) is 2. The topological polar surface area (TPSA) is 114 Å². The first kappa shape index (κ1) is 29.4. The third kappa shape index (κ3) is 6.96. The second-order valence-corrected chi connectivity index (χ2v) is 10.4. The summed E-state index contributed by atoms with van der Waals surface area (Å²) >= 11 is 6.33. The lowest BCUT2D eigenvalue weighted by Gasteiger charge is -2.38. The van der Waals surface area contributed by atoms with Crippen LogP contribution in [0, 0.1) is 17.8 Å². The molecule has 3 atom stereocenters. The zero-order valence-corrected chi connectivity index (χ0v) is 21.7.